The van der Waals surface area contributed by atoms with Crippen LogP contribution in [-0.2, 0) is 9.53 Å². The van der Waals surface area contributed by atoms with Gasteiger partial charge in [-0.2, -0.15) is 0 Å². The molecule has 0 aliphatic carbocycles. The monoisotopic (exact) mass is 263 g/mol. The number of ketones is 1. The number of hydrogen-bond donors (Lipinski definition) is 0. The van der Waals surface area contributed by atoms with Gasteiger partial charge in [0.2, 0.25) is 0 Å². The average Bonchev–Trinajstić information content (AvgIpc) is 2.82. The number of imide groups is 1. The normalized spacial score (nSPS) is 14.8. The van der Waals surface area contributed by atoms with E-state index >= 15 is 0 Å². The number of nitrogens with zero attached hydrogens (tertiary/aromatic N) is 1. The Hall–Kier alpha value is -2.50. The highest BCUT2D eigenvalue weighted by Gasteiger charge is 2.26. The molecule has 0 spiro atoms. The van der Waals surface area contributed by atoms with Crippen LogP contribution in [0.25, 0.3) is 0 Å². The zero-order valence-electron chi connectivity index (χ0n) is 9.84. The van der Waals surface area contributed by atoms with Gasteiger partial charge in [-0.05, 0) is 18.2 Å². The van der Waals surface area contributed by atoms with Crippen molar-refractivity contribution in [3.63, 3.8) is 0 Å². The maximum absolute atomic E-state index is 13.3. The first kappa shape index (κ1) is 12.9. The fourth-order valence-corrected chi connectivity index (χ4v) is 1.58. The summed E-state index contributed by atoms with van der Waals surface area (Å²) in [5, 5.41) is 0. The van der Waals surface area contributed by atoms with Crippen molar-refractivity contribution in [3.05, 3.63) is 47.8 Å². The predicted molar refractivity (Wildman–Crippen MR) is 62.9 cm³/mol. The van der Waals surface area contributed by atoms with E-state index in [4.69, 9.17) is 0 Å². The summed E-state index contributed by atoms with van der Waals surface area (Å²) in [4.78, 5) is 35.2. The zero-order chi connectivity index (χ0) is 13.8. The molecule has 0 unspecified atom stereocenters. The molecule has 19 heavy (non-hydrogen) atoms. The molecule has 0 radical (unpaired) electrons. The number of benzene rings is 1. The lowest BCUT2D eigenvalue weighted by Gasteiger charge is -2.06. The van der Waals surface area contributed by atoms with Gasteiger partial charge in [-0.15, -0.1) is 0 Å². The number of allylic oxidation sites excluding steroid dienone is 1. The molecule has 0 saturated carbocycles. The predicted octanol–water partition coefficient (Wildman–Crippen LogP) is 1.54. The minimum atomic E-state index is -0.743. The van der Waals surface area contributed by atoms with Crippen LogP contribution < -0.4 is 0 Å². The largest absolute Gasteiger partial charge is 0.447 e. The van der Waals surface area contributed by atoms with Crippen LogP contribution in [0.2, 0.25) is 0 Å². The summed E-state index contributed by atoms with van der Waals surface area (Å²) in [7, 11) is 0. The summed E-state index contributed by atoms with van der Waals surface area (Å²) in [6.45, 7) is 0.287. The first-order valence-corrected chi connectivity index (χ1v) is 5.55. The molecular weight excluding hydrogens is 253 g/mol. The Kier molecular flexibility index (Phi) is 3.70. The second kappa shape index (κ2) is 5.43. The summed E-state index contributed by atoms with van der Waals surface area (Å²) >= 11 is 0. The van der Waals surface area contributed by atoms with Gasteiger partial charge in [-0.25, -0.2) is 14.1 Å². The molecule has 6 heteroatoms. The lowest BCUT2D eigenvalue weighted by atomic mass is 10.1. The zero-order valence-corrected chi connectivity index (χ0v) is 9.84. The molecule has 1 fully saturated rings. The van der Waals surface area contributed by atoms with Crippen molar-refractivity contribution in [1.29, 1.82) is 0 Å². The van der Waals surface area contributed by atoms with E-state index in [1.54, 1.807) is 0 Å². The van der Waals surface area contributed by atoms with Crippen LogP contribution in [0.3, 0.4) is 0 Å². The van der Waals surface area contributed by atoms with E-state index in [2.05, 4.69) is 4.74 Å². The van der Waals surface area contributed by atoms with Crippen molar-refractivity contribution < 1.29 is 23.5 Å². The highest BCUT2D eigenvalue weighted by atomic mass is 19.1. The standard InChI is InChI=1S/C13H10FNO4/c14-10-4-2-1-3-9(10)11(16)5-6-12(17)15-7-8-19-13(15)18/h1-6H,7-8H2/b6-5+. The van der Waals surface area contributed by atoms with Gasteiger partial charge in [0.05, 0.1) is 12.1 Å². The third-order valence-corrected chi connectivity index (χ3v) is 2.54. The molecule has 98 valence electrons. The number of rotatable bonds is 3. The number of ether oxygens (including phenoxy) is 1. The van der Waals surface area contributed by atoms with Crippen LogP contribution in [0.5, 0.6) is 0 Å². The van der Waals surface area contributed by atoms with E-state index in [0.717, 1.165) is 23.1 Å². The lowest BCUT2D eigenvalue weighted by Crippen LogP contribution is -2.30. The minimum absolute atomic E-state index is 0.129. The van der Waals surface area contributed by atoms with Crippen molar-refractivity contribution in [1.82, 2.24) is 4.90 Å². The Morgan fingerprint density at radius 2 is 2.00 bits per heavy atom. The molecule has 1 aromatic rings. The molecule has 0 aromatic heterocycles. The first-order valence-electron chi connectivity index (χ1n) is 5.55. The third-order valence-electron chi connectivity index (χ3n) is 2.54. The van der Waals surface area contributed by atoms with E-state index < -0.39 is 23.6 Å². The quantitative estimate of drug-likeness (QED) is 0.613. The van der Waals surface area contributed by atoms with Gasteiger partial charge in [0, 0.05) is 6.08 Å². The molecule has 0 N–H and O–H groups in total. The molecule has 1 aromatic carbocycles. The van der Waals surface area contributed by atoms with Crippen LogP contribution in [0.15, 0.2) is 36.4 Å². The number of amides is 2. The van der Waals surface area contributed by atoms with Crippen LogP contribution in [0.4, 0.5) is 9.18 Å². The third kappa shape index (κ3) is 2.85. The van der Waals surface area contributed by atoms with Gasteiger partial charge in [0.1, 0.15) is 12.4 Å². The molecular formula is C13H10FNO4. The summed E-state index contributed by atoms with van der Waals surface area (Å²) in [6.07, 6.45) is 1.13. The Labute approximate surface area is 108 Å². The van der Waals surface area contributed by atoms with E-state index in [9.17, 15) is 18.8 Å². The van der Waals surface area contributed by atoms with Crippen molar-refractivity contribution in [3.8, 4) is 0 Å². The summed E-state index contributed by atoms with van der Waals surface area (Å²) in [5.74, 6) is -1.96. The summed E-state index contributed by atoms with van der Waals surface area (Å²) in [6, 6.07) is 5.45. The SMILES string of the molecule is O=C(/C=C/C(=O)N1CCOC1=O)c1ccccc1F. The average molecular weight is 263 g/mol. The number of carbonyl (C=O) groups is 3. The lowest BCUT2D eigenvalue weighted by molar-refractivity contribution is -0.122. The van der Waals surface area contributed by atoms with Gasteiger partial charge < -0.3 is 4.74 Å². The Morgan fingerprint density at radius 1 is 1.26 bits per heavy atom. The van der Waals surface area contributed by atoms with Gasteiger partial charge in [-0.3, -0.25) is 9.59 Å². The summed E-state index contributed by atoms with van der Waals surface area (Å²) < 4.78 is 17.9. The van der Waals surface area contributed by atoms with E-state index in [-0.39, 0.29) is 18.7 Å². The maximum Gasteiger partial charge on any atom is 0.416 e. The topological polar surface area (TPSA) is 63.7 Å². The van der Waals surface area contributed by atoms with Crippen molar-refractivity contribution in [2.75, 3.05) is 13.2 Å². The van der Waals surface area contributed by atoms with Crippen LogP contribution in [-0.4, -0.2) is 35.8 Å². The smallest absolute Gasteiger partial charge is 0.416 e. The highest BCUT2D eigenvalue weighted by Crippen LogP contribution is 2.09. The van der Waals surface area contributed by atoms with Gasteiger partial charge in [0.25, 0.3) is 5.91 Å². The molecule has 1 saturated heterocycles. The van der Waals surface area contributed by atoms with Gasteiger partial charge in [-0.1, -0.05) is 12.1 Å². The number of cyclic esters (lactones) is 1. The minimum Gasteiger partial charge on any atom is -0.447 e. The fourth-order valence-electron chi connectivity index (χ4n) is 1.58. The molecule has 1 heterocycles. The highest BCUT2D eigenvalue weighted by molar-refractivity contribution is 6.09. The summed E-state index contributed by atoms with van der Waals surface area (Å²) in [5.41, 5.74) is -0.129. The van der Waals surface area contributed by atoms with Crippen molar-refractivity contribution in [2.24, 2.45) is 0 Å². The van der Waals surface area contributed by atoms with Crippen molar-refractivity contribution in [2.45, 2.75) is 0 Å². The maximum atomic E-state index is 13.3. The molecule has 1 aliphatic heterocycles. The van der Waals surface area contributed by atoms with Crippen LogP contribution in [0.1, 0.15) is 10.4 Å². The molecule has 2 rings (SSSR count). The second-order valence-corrected chi connectivity index (χ2v) is 3.78. The van der Waals surface area contributed by atoms with Gasteiger partial charge >= 0.3 is 6.09 Å². The van der Waals surface area contributed by atoms with E-state index in [1.807, 2.05) is 0 Å². The number of halogens is 1. The van der Waals surface area contributed by atoms with Crippen LogP contribution >= 0.6 is 0 Å². The second-order valence-electron chi connectivity index (χ2n) is 3.78. The number of hydrogen-bond acceptors (Lipinski definition) is 4. The Morgan fingerprint density at radius 3 is 2.63 bits per heavy atom. The molecule has 1 aliphatic rings. The first-order chi connectivity index (χ1) is 9.09. The fraction of sp³-hybridized carbons (Fsp3) is 0.154. The van der Waals surface area contributed by atoms with Gasteiger partial charge in [0.15, 0.2) is 5.78 Å². The molecule has 0 bridgehead atoms. The van der Waals surface area contributed by atoms with Crippen LogP contribution in [0, 0.1) is 5.82 Å². The molecule has 0 atom stereocenters. The molecule has 2 amide bonds. The number of carbonyl (C=O) groups excluding carboxylic acids is 3. The van der Waals surface area contributed by atoms with E-state index in [1.165, 1.54) is 18.2 Å². The Balaban J connectivity index is 2.07. The van der Waals surface area contributed by atoms with Crippen molar-refractivity contribution >= 4 is 17.8 Å². The Bertz CT molecular complexity index is 568. The molecule has 5 nitrogen and oxygen atoms in total. The van der Waals surface area contributed by atoms with E-state index in [0.29, 0.717) is 0 Å².